The number of ether oxygens (including phenoxy) is 1. The van der Waals surface area contributed by atoms with Crippen molar-refractivity contribution in [1.29, 1.82) is 0 Å². The summed E-state index contributed by atoms with van der Waals surface area (Å²) in [7, 11) is 1.53. The van der Waals surface area contributed by atoms with Crippen LogP contribution in [0.1, 0.15) is 10.4 Å². The normalized spacial score (nSPS) is 12.0. The molecule has 0 aliphatic rings. The summed E-state index contributed by atoms with van der Waals surface area (Å²) in [6.07, 6.45) is -1.09. The van der Waals surface area contributed by atoms with Crippen LogP contribution < -0.4 is 20.7 Å². The van der Waals surface area contributed by atoms with Gasteiger partial charge in [0, 0.05) is 16.3 Å². The number of carbonyl (C=O) groups is 1. The van der Waals surface area contributed by atoms with Crippen molar-refractivity contribution in [2.24, 2.45) is 0 Å². The van der Waals surface area contributed by atoms with Crippen LogP contribution in [0.3, 0.4) is 0 Å². The van der Waals surface area contributed by atoms with E-state index < -0.39 is 15.9 Å². The Bertz CT molecular complexity index is 813. The van der Waals surface area contributed by atoms with E-state index in [-0.39, 0.29) is 5.11 Å². The number of amides is 1. The molecule has 144 valence electrons. The Morgan fingerprint density at radius 1 is 1.11 bits per heavy atom. The van der Waals surface area contributed by atoms with Crippen LogP contribution >= 0.6 is 58.6 Å². The Morgan fingerprint density at radius 3 is 2.33 bits per heavy atom. The number of rotatable bonds is 5. The van der Waals surface area contributed by atoms with Crippen molar-refractivity contribution in [1.82, 2.24) is 10.6 Å². The molecular weight excluding hydrogens is 452 g/mol. The van der Waals surface area contributed by atoms with Gasteiger partial charge in [-0.2, -0.15) is 0 Å². The standard InChI is InChI=1S/C17H15Cl4N3O2S/c1-26-13-7-5-10(6-8-13)14(25)23-15(17(19,20)21)24-16(27)22-12-4-2-3-11(18)9-12/h2-9,15H,1H3,(H,23,25)(H2,22,24,27). The van der Waals surface area contributed by atoms with Gasteiger partial charge in [-0.25, -0.2) is 0 Å². The third-order valence-corrected chi connectivity index (χ3v) is 4.42. The Hall–Kier alpha value is -1.44. The van der Waals surface area contributed by atoms with Crippen LogP contribution in [-0.4, -0.2) is 28.1 Å². The number of thiocarbonyl (C=S) groups is 1. The van der Waals surface area contributed by atoms with Crippen LogP contribution in [0.15, 0.2) is 48.5 Å². The Morgan fingerprint density at radius 2 is 1.78 bits per heavy atom. The van der Waals surface area contributed by atoms with E-state index in [9.17, 15) is 4.79 Å². The minimum Gasteiger partial charge on any atom is -0.497 e. The van der Waals surface area contributed by atoms with Crippen molar-refractivity contribution in [3.8, 4) is 5.75 Å². The largest absolute Gasteiger partial charge is 0.497 e. The first kappa shape index (κ1) is 21.9. The first-order valence-corrected chi connectivity index (χ1v) is 9.46. The second kappa shape index (κ2) is 9.66. The van der Waals surface area contributed by atoms with Crippen molar-refractivity contribution < 1.29 is 9.53 Å². The van der Waals surface area contributed by atoms with Gasteiger partial charge in [-0.15, -0.1) is 0 Å². The lowest BCUT2D eigenvalue weighted by Gasteiger charge is -2.27. The summed E-state index contributed by atoms with van der Waals surface area (Å²) in [5, 5.41) is 8.95. The van der Waals surface area contributed by atoms with Crippen LogP contribution in [0.25, 0.3) is 0 Å². The summed E-state index contributed by atoms with van der Waals surface area (Å²) >= 11 is 29.1. The maximum atomic E-state index is 12.4. The summed E-state index contributed by atoms with van der Waals surface area (Å²) in [6.45, 7) is 0. The third kappa shape index (κ3) is 6.90. The number of halogens is 4. The molecule has 0 spiro atoms. The molecule has 0 aliphatic carbocycles. The van der Waals surface area contributed by atoms with Gasteiger partial charge < -0.3 is 20.7 Å². The van der Waals surface area contributed by atoms with E-state index >= 15 is 0 Å². The summed E-state index contributed by atoms with van der Waals surface area (Å²) < 4.78 is 3.20. The van der Waals surface area contributed by atoms with E-state index in [0.717, 1.165) is 0 Å². The molecule has 0 fully saturated rings. The van der Waals surface area contributed by atoms with Crippen molar-refractivity contribution in [3.63, 3.8) is 0 Å². The van der Waals surface area contributed by atoms with E-state index in [1.165, 1.54) is 7.11 Å². The van der Waals surface area contributed by atoms with Gasteiger partial charge in [-0.3, -0.25) is 4.79 Å². The molecular formula is C17H15Cl4N3O2S. The molecule has 1 amide bonds. The fraction of sp³-hybridized carbons (Fsp3) is 0.176. The van der Waals surface area contributed by atoms with Gasteiger partial charge in [-0.05, 0) is 54.7 Å². The molecule has 10 heteroatoms. The predicted octanol–water partition coefficient (Wildman–Crippen LogP) is 4.76. The molecule has 1 atom stereocenters. The molecule has 27 heavy (non-hydrogen) atoms. The summed E-state index contributed by atoms with van der Waals surface area (Å²) in [5.74, 6) is 0.168. The van der Waals surface area contributed by atoms with Crippen LogP contribution in [0.5, 0.6) is 5.75 Å². The van der Waals surface area contributed by atoms with E-state index in [2.05, 4.69) is 16.0 Å². The molecule has 0 bridgehead atoms. The van der Waals surface area contributed by atoms with E-state index in [0.29, 0.717) is 22.0 Å². The molecule has 5 nitrogen and oxygen atoms in total. The van der Waals surface area contributed by atoms with Crippen LogP contribution in [-0.2, 0) is 0 Å². The lowest BCUT2D eigenvalue weighted by molar-refractivity contribution is 0.0934. The number of hydrogen-bond donors (Lipinski definition) is 3. The number of hydrogen-bond acceptors (Lipinski definition) is 3. The Balaban J connectivity index is 2.06. The lowest BCUT2D eigenvalue weighted by Crippen LogP contribution is -2.56. The van der Waals surface area contributed by atoms with Crippen molar-refractivity contribution >= 4 is 75.3 Å². The Kier molecular flexibility index (Phi) is 7.82. The predicted molar refractivity (Wildman–Crippen MR) is 115 cm³/mol. The van der Waals surface area contributed by atoms with E-state index in [1.54, 1.807) is 48.5 Å². The molecule has 0 heterocycles. The van der Waals surface area contributed by atoms with Crippen molar-refractivity contribution in [3.05, 3.63) is 59.1 Å². The molecule has 0 radical (unpaired) electrons. The summed E-state index contributed by atoms with van der Waals surface area (Å²) in [6, 6.07) is 13.4. The van der Waals surface area contributed by atoms with Crippen LogP contribution in [0.4, 0.5) is 5.69 Å². The lowest BCUT2D eigenvalue weighted by atomic mass is 10.2. The molecule has 0 saturated heterocycles. The fourth-order valence-corrected chi connectivity index (χ4v) is 2.77. The topological polar surface area (TPSA) is 62.4 Å². The minimum atomic E-state index is -1.86. The van der Waals surface area contributed by atoms with Gasteiger partial charge in [0.2, 0.25) is 3.79 Å². The minimum absolute atomic E-state index is 0.142. The van der Waals surface area contributed by atoms with Crippen LogP contribution in [0, 0.1) is 0 Å². The molecule has 3 N–H and O–H groups in total. The number of nitrogens with one attached hydrogen (secondary N) is 3. The van der Waals surface area contributed by atoms with Gasteiger partial charge in [0.05, 0.1) is 7.11 Å². The van der Waals surface area contributed by atoms with E-state index in [1.807, 2.05) is 0 Å². The Labute approximate surface area is 182 Å². The van der Waals surface area contributed by atoms with Crippen molar-refractivity contribution in [2.45, 2.75) is 9.96 Å². The molecule has 0 aliphatic heterocycles. The molecule has 0 aromatic heterocycles. The highest BCUT2D eigenvalue weighted by molar-refractivity contribution is 7.80. The van der Waals surface area contributed by atoms with Gasteiger partial charge in [-0.1, -0.05) is 52.5 Å². The molecule has 2 rings (SSSR count). The van der Waals surface area contributed by atoms with Gasteiger partial charge in [0.25, 0.3) is 5.91 Å². The highest BCUT2D eigenvalue weighted by Gasteiger charge is 2.34. The number of methoxy groups -OCH3 is 1. The smallest absolute Gasteiger partial charge is 0.252 e. The maximum Gasteiger partial charge on any atom is 0.252 e. The number of anilines is 1. The van der Waals surface area contributed by atoms with Crippen molar-refractivity contribution in [2.75, 3.05) is 12.4 Å². The molecule has 2 aromatic rings. The van der Waals surface area contributed by atoms with Crippen LogP contribution in [0.2, 0.25) is 5.02 Å². The third-order valence-electron chi connectivity index (χ3n) is 3.31. The second-order valence-corrected chi connectivity index (χ2v) is 8.50. The fourth-order valence-electron chi connectivity index (χ4n) is 2.02. The maximum absolute atomic E-state index is 12.4. The zero-order chi connectivity index (χ0) is 20.0. The van der Waals surface area contributed by atoms with Gasteiger partial charge in [0.1, 0.15) is 11.9 Å². The quantitative estimate of drug-likeness (QED) is 0.337. The summed E-state index contributed by atoms with van der Waals surface area (Å²) in [4.78, 5) is 12.4. The number of alkyl halides is 3. The van der Waals surface area contributed by atoms with Gasteiger partial charge in [0.15, 0.2) is 5.11 Å². The number of carbonyl (C=O) groups excluding carboxylic acids is 1. The SMILES string of the molecule is COc1ccc(C(=O)NC(NC(=S)Nc2cccc(Cl)c2)C(Cl)(Cl)Cl)cc1. The first-order valence-electron chi connectivity index (χ1n) is 7.54. The molecule has 2 aromatic carbocycles. The first-order chi connectivity index (χ1) is 12.7. The molecule has 0 saturated carbocycles. The summed E-state index contributed by atoms with van der Waals surface area (Å²) in [5.41, 5.74) is 1.01. The van der Waals surface area contributed by atoms with E-state index in [4.69, 9.17) is 63.4 Å². The zero-order valence-corrected chi connectivity index (χ0v) is 17.8. The number of benzene rings is 2. The average Bonchev–Trinajstić information content (AvgIpc) is 2.60. The average molecular weight is 467 g/mol. The highest BCUT2D eigenvalue weighted by Crippen LogP contribution is 2.29. The zero-order valence-electron chi connectivity index (χ0n) is 13.9. The second-order valence-electron chi connectivity index (χ2n) is 5.29. The molecule has 1 unspecified atom stereocenters. The monoisotopic (exact) mass is 465 g/mol. The highest BCUT2D eigenvalue weighted by atomic mass is 35.6. The van der Waals surface area contributed by atoms with Gasteiger partial charge >= 0.3 is 0 Å².